The molecular formula is C18H19N5O4S. The largest absolute Gasteiger partial charge is 0.462 e. The molecule has 0 atom stereocenters. The number of anilines is 2. The monoisotopic (exact) mass is 401 g/mol. The highest BCUT2D eigenvalue weighted by Gasteiger charge is 2.17. The molecule has 2 aromatic heterocycles. The first-order valence-corrected chi connectivity index (χ1v) is 9.20. The summed E-state index contributed by atoms with van der Waals surface area (Å²) in [6, 6.07) is 4.94. The van der Waals surface area contributed by atoms with Crippen LogP contribution in [0.25, 0.3) is 11.8 Å². The molecule has 0 aliphatic heterocycles. The molecule has 10 heteroatoms. The molecule has 2 aromatic rings. The van der Waals surface area contributed by atoms with Crippen LogP contribution in [0.15, 0.2) is 23.1 Å². The van der Waals surface area contributed by atoms with Crippen LogP contribution in [0, 0.1) is 11.3 Å². The molecule has 0 aliphatic rings. The molecule has 0 spiro atoms. The maximum Gasteiger partial charge on any atom is 0.351 e. The third-order valence-electron chi connectivity index (χ3n) is 3.66. The second-order valence-corrected chi connectivity index (χ2v) is 6.52. The van der Waals surface area contributed by atoms with Crippen molar-refractivity contribution in [3.63, 3.8) is 0 Å². The number of ether oxygens (including phenoxy) is 1. The fourth-order valence-electron chi connectivity index (χ4n) is 2.37. The molecule has 0 fully saturated rings. The molecular weight excluding hydrogens is 382 g/mol. The first-order chi connectivity index (χ1) is 13.3. The zero-order valence-corrected chi connectivity index (χ0v) is 16.4. The maximum atomic E-state index is 12.8. The molecule has 9 nitrogen and oxygen atoms in total. The summed E-state index contributed by atoms with van der Waals surface area (Å²) in [5.74, 6) is -0.855. The molecule has 0 unspecified atom stereocenters. The van der Waals surface area contributed by atoms with Gasteiger partial charge in [-0.1, -0.05) is 0 Å². The first-order valence-electron chi connectivity index (χ1n) is 8.38. The van der Waals surface area contributed by atoms with Gasteiger partial charge in [-0.25, -0.2) is 9.78 Å². The molecule has 0 bridgehead atoms. The van der Waals surface area contributed by atoms with Crippen molar-refractivity contribution < 1.29 is 14.3 Å². The van der Waals surface area contributed by atoms with Crippen LogP contribution in [0.2, 0.25) is 0 Å². The van der Waals surface area contributed by atoms with Gasteiger partial charge >= 0.3 is 5.97 Å². The number of nitrogens with two attached hydrogens (primary N) is 1. The summed E-state index contributed by atoms with van der Waals surface area (Å²) < 4.78 is 6.55. The van der Waals surface area contributed by atoms with Crippen LogP contribution >= 0.6 is 11.3 Å². The van der Waals surface area contributed by atoms with E-state index in [1.165, 1.54) is 34.9 Å². The van der Waals surface area contributed by atoms with Crippen LogP contribution in [0.5, 0.6) is 0 Å². The Morgan fingerprint density at radius 1 is 1.43 bits per heavy atom. The van der Waals surface area contributed by atoms with E-state index in [-0.39, 0.29) is 33.8 Å². The number of hydrogen-bond acceptors (Lipinski definition) is 8. The maximum absolute atomic E-state index is 12.8. The van der Waals surface area contributed by atoms with Gasteiger partial charge in [0.15, 0.2) is 5.57 Å². The van der Waals surface area contributed by atoms with E-state index in [2.05, 4.69) is 4.98 Å². The Labute approximate surface area is 164 Å². The number of rotatable bonds is 5. The van der Waals surface area contributed by atoms with E-state index >= 15 is 0 Å². The average Bonchev–Trinajstić information content (AvgIpc) is 2.96. The number of amides is 1. The summed E-state index contributed by atoms with van der Waals surface area (Å²) in [6.45, 7) is 5.03. The van der Waals surface area contributed by atoms with Crippen molar-refractivity contribution in [1.82, 2.24) is 9.55 Å². The van der Waals surface area contributed by atoms with Crippen LogP contribution in [0.3, 0.4) is 0 Å². The molecule has 28 heavy (non-hydrogen) atoms. The average molecular weight is 401 g/mol. The summed E-state index contributed by atoms with van der Waals surface area (Å²) in [7, 11) is 0. The fourth-order valence-corrected chi connectivity index (χ4v) is 3.49. The zero-order valence-electron chi connectivity index (χ0n) is 15.6. The van der Waals surface area contributed by atoms with E-state index in [0.717, 1.165) is 11.3 Å². The van der Waals surface area contributed by atoms with Gasteiger partial charge < -0.3 is 10.5 Å². The van der Waals surface area contributed by atoms with E-state index in [4.69, 9.17) is 10.5 Å². The van der Waals surface area contributed by atoms with Crippen molar-refractivity contribution in [3.05, 3.63) is 37.9 Å². The summed E-state index contributed by atoms with van der Waals surface area (Å²) in [4.78, 5) is 42.1. The second-order valence-electron chi connectivity index (χ2n) is 5.49. The quantitative estimate of drug-likeness (QED) is 0.694. The van der Waals surface area contributed by atoms with Crippen LogP contribution in [0.1, 0.15) is 20.8 Å². The van der Waals surface area contributed by atoms with Gasteiger partial charge in [0.05, 0.1) is 18.5 Å². The number of thiazole rings is 1. The molecule has 0 saturated heterocycles. The zero-order chi connectivity index (χ0) is 20.8. The topological polar surface area (TPSA) is 131 Å². The number of esters is 1. The molecule has 0 saturated carbocycles. The van der Waals surface area contributed by atoms with Crippen molar-refractivity contribution in [2.45, 2.75) is 27.3 Å². The van der Waals surface area contributed by atoms with Crippen LogP contribution in [-0.2, 0) is 20.9 Å². The molecule has 0 aliphatic carbocycles. The van der Waals surface area contributed by atoms with Crippen molar-refractivity contribution in [2.24, 2.45) is 0 Å². The Kier molecular flexibility index (Phi) is 6.68. The number of nitrogen functional groups attached to an aromatic ring is 1. The Morgan fingerprint density at radius 2 is 2.14 bits per heavy atom. The first kappa shape index (κ1) is 20.9. The number of pyridine rings is 1. The van der Waals surface area contributed by atoms with Gasteiger partial charge in [0.25, 0.3) is 5.56 Å². The summed E-state index contributed by atoms with van der Waals surface area (Å²) in [5.41, 5.74) is 5.32. The number of nitriles is 1. The normalized spacial score (nSPS) is 12.3. The third-order valence-corrected chi connectivity index (χ3v) is 4.78. The Morgan fingerprint density at radius 3 is 2.64 bits per heavy atom. The molecule has 0 aromatic carbocycles. The smallest absolute Gasteiger partial charge is 0.351 e. The van der Waals surface area contributed by atoms with Gasteiger partial charge in [-0.05, 0) is 26.0 Å². The van der Waals surface area contributed by atoms with Crippen LogP contribution in [0.4, 0.5) is 11.5 Å². The Bertz CT molecular complexity index is 1110. The summed E-state index contributed by atoms with van der Waals surface area (Å²) >= 11 is 0.937. The second kappa shape index (κ2) is 8.96. The molecule has 2 heterocycles. The minimum Gasteiger partial charge on any atom is -0.462 e. The van der Waals surface area contributed by atoms with E-state index in [1.807, 2.05) is 0 Å². The number of aromatic nitrogens is 2. The van der Waals surface area contributed by atoms with Gasteiger partial charge in [0.2, 0.25) is 5.91 Å². The molecule has 146 valence electrons. The van der Waals surface area contributed by atoms with E-state index < -0.39 is 11.5 Å². The minimum atomic E-state index is -0.800. The highest BCUT2D eigenvalue weighted by Crippen LogP contribution is 2.14. The lowest BCUT2D eigenvalue weighted by atomic mass is 10.3. The van der Waals surface area contributed by atoms with Gasteiger partial charge in [-0.2, -0.15) is 5.26 Å². The summed E-state index contributed by atoms with van der Waals surface area (Å²) in [5, 5.41) is 9.38. The molecule has 2 N–H and O–H groups in total. The van der Waals surface area contributed by atoms with Crippen molar-refractivity contribution in [3.8, 4) is 6.07 Å². The summed E-state index contributed by atoms with van der Waals surface area (Å²) in [6.07, 6.45) is 2.77. The van der Waals surface area contributed by atoms with E-state index in [9.17, 15) is 19.6 Å². The number of hydrogen-bond donors (Lipinski definition) is 1. The van der Waals surface area contributed by atoms with Crippen molar-refractivity contribution >= 4 is 46.5 Å². The standard InChI is InChI=1S/C18H19N5O4S/c1-4-22-16(25)14(28-17(22)13(8-19)18(26)27-5-2)10-23(11(3)24)12-6-7-15(20)21-9-12/h6-7,9-10H,4-5H2,1-3H3,(H2,20,21)/b14-10+,17-13-. The Balaban J connectivity index is 2.75. The minimum absolute atomic E-state index is 0.104. The lowest BCUT2D eigenvalue weighted by Crippen LogP contribution is -2.34. The van der Waals surface area contributed by atoms with Gasteiger partial charge in [0.1, 0.15) is 21.1 Å². The molecule has 0 radical (unpaired) electrons. The number of nitrogens with zero attached hydrogens (tertiary/aromatic N) is 4. The predicted octanol–water partition coefficient (Wildman–Crippen LogP) is -0.0646. The molecule has 2 rings (SSSR count). The van der Waals surface area contributed by atoms with E-state index in [0.29, 0.717) is 11.5 Å². The molecule has 1 amide bonds. The number of carbonyl (C=O) groups is 2. The third kappa shape index (κ3) is 4.27. The lowest BCUT2D eigenvalue weighted by molar-refractivity contribution is -0.136. The lowest BCUT2D eigenvalue weighted by Gasteiger charge is -2.15. The predicted molar refractivity (Wildman–Crippen MR) is 105 cm³/mol. The van der Waals surface area contributed by atoms with Crippen LogP contribution < -0.4 is 25.4 Å². The van der Waals surface area contributed by atoms with Gasteiger partial charge in [-0.3, -0.25) is 19.1 Å². The van der Waals surface area contributed by atoms with E-state index in [1.54, 1.807) is 26.0 Å². The van der Waals surface area contributed by atoms with Gasteiger partial charge in [-0.15, -0.1) is 11.3 Å². The SMILES string of the molecule is CCOC(=O)/C(C#N)=c1\s/c(=C/N(C(C)=O)c2ccc(N)nc2)c(=O)n1CC. The van der Waals surface area contributed by atoms with Crippen molar-refractivity contribution in [2.75, 3.05) is 17.2 Å². The van der Waals surface area contributed by atoms with Crippen LogP contribution in [-0.4, -0.2) is 28.0 Å². The fraction of sp³-hybridized carbons (Fsp3) is 0.278. The number of carbonyl (C=O) groups excluding carboxylic acids is 2. The van der Waals surface area contributed by atoms with Gasteiger partial charge in [0, 0.05) is 19.7 Å². The highest BCUT2D eigenvalue weighted by molar-refractivity contribution is 7.07. The highest BCUT2D eigenvalue weighted by atomic mass is 32.1. The van der Waals surface area contributed by atoms with Crippen molar-refractivity contribution in [1.29, 1.82) is 5.26 Å². The Hall–Kier alpha value is -3.45.